The molecule has 3 rings (SSSR count). The maximum absolute atomic E-state index is 12.8. The second-order valence-corrected chi connectivity index (χ2v) is 7.27. The van der Waals surface area contributed by atoms with Crippen molar-refractivity contribution in [3.63, 3.8) is 0 Å². The molecule has 0 saturated carbocycles. The Bertz CT molecular complexity index is 905. The lowest BCUT2D eigenvalue weighted by atomic mass is 9.95. The van der Waals surface area contributed by atoms with Crippen molar-refractivity contribution in [2.75, 3.05) is 20.3 Å². The molecule has 7 heteroatoms. The van der Waals surface area contributed by atoms with E-state index in [9.17, 15) is 19.8 Å². The molecule has 1 fully saturated rings. The van der Waals surface area contributed by atoms with Gasteiger partial charge in [0.1, 0.15) is 11.5 Å². The minimum atomic E-state index is -0.737. The van der Waals surface area contributed by atoms with Gasteiger partial charge in [-0.1, -0.05) is 28.1 Å². The van der Waals surface area contributed by atoms with Crippen LogP contribution < -0.4 is 4.74 Å². The molecule has 28 heavy (non-hydrogen) atoms. The Morgan fingerprint density at radius 3 is 2.32 bits per heavy atom. The number of carbonyl (C=O) groups is 2. The van der Waals surface area contributed by atoms with E-state index in [-0.39, 0.29) is 24.5 Å². The van der Waals surface area contributed by atoms with Gasteiger partial charge in [0.15, 0.2) is 0 Å². The number of ketones is 1. The number of aliphatic hydroxyl groups is 2. The molecule has 0 bridgehead atoms. The number of carbonyl (C=O) groups excluding carboxylic acids is 2. The molecular weight excluding hydrogens is 426 g/mol. The molecule has 0 aromatic heterocycles. The van der Waals surface area contributed by atoms with Crippen LogP contribution in [0.15, 0.2) is 58.6 Å². The summed E-state index contributed by atoms with van der Waals surface area (Å²) in [6.07, 6.45) is 0.336. The van der Waals surface area contributed by atoms with Crippen LogP contribution in [0.5, 0.6) is 5.75 Å². The number of hydrogen-bond acceptors (Lipinski definition) is 5. The molecule has 2 aromatic rings. The summed E-state index contributed by atoms with van der Waals surface area (Å²) < 4.78 is 5.98. The summed E-state index contributed by atoms with van der Waals surface area (Å²) in [6, 6.07) is 13.1. The Morgan fingerprint density at radius 1 is 1.11 bits per heavy atom. The second-order valence-electron chi connectivity index (χ2n) is 6.35. The summed E-state index contributed by atoms with van der Waals surface area (Å²) in [4.78, 5) is 26.8. The first-order chi connectivity index (χ1) is 13.5. The standard InChI is InChI=1S/C21H20BrNO5/c1-28-16-9-5-14(6-10-16)19(25)17-18(13-3-7-15(22)8-4-13)23(11-2-12-24)21(27)20(17)26/h3-10,18,24-25H,2,11-12H2,1H3/b19-17+. The van der Waals surface area contributed by atoms with Crippen LogP contribution in [0.1, 0.15) is 23.6 Å². The van der Waals surface area contributed by atoms with Crippen molar-refractivity contribution in [1.29, 1.82) is 0 Å². The predicted octanol–water partition coefficient (Wildman–Crippen LogP) is 3.26. The number of aliphatic hydroxyl groups excluding tert-OH is 2. The van der Waals surface area contributed by atoms with E-state index in [0.717, 1.165) is 4.47 Å². The average Bonchev–Trinajstić information content (AvgIpc) is 2.97. The summed E-state index contributed by atoms with van der Waals surface area (Å²) in [7, 11) is 1.54. The molecule has 1 heterocycles. The first-order valence-electron chi connectivity index (χ1n) is 8.77. The lowest BCUT2D eigenvalue weighted by Crippen LogP contribution is -2.31. The Hall–Kier alpha value is -2.64. The third-order valence-corrected chi connectivity index (χ3v) is 5.17. The van der Waals surface area contributed by atoms with Gasteiger partial charge in [-0.2, -0.15) is 0 Å². The fourth-order valence-electron chi connectivity index (χ4n) is 3.25. The molecular formula is C21H20BrNO5. The van der Waals surface area contributed by atoms with E-state index in [1.54, 1.807) is 36.4 Å². The molecule has 0 spiro atoms. The monoisotopic (exact) mass is 445 g/mol. The number of nitrogens with zero attached hydrogens (tertiary/aromatic N) is 1. The van der Waals surface area contributed by atoms with Crippen molar-refractivity contribution in [3.05, 3.63) is 69.7 Å². The summed E-state index contributed by atoms with van der Waals surface area (Å²) in [5.74, 6) is -1.04. The van der Waals surface area contributed by atoms with Gasteiger partial charge >= 0.3 is 0 Å². The van der Waals surface area contributed by atoms with Crippen molar-refractivity contribution in [2.24, 2.45) is 0 Å². The summed E-state index contributed by atoms with van der Waals surface area (Å²) in [5.41, 5.74) is 1.16. The van der Waals surface area contributed by atoms with Crippen LogP contribution in [-0.2, 0) is 9.59 Å². The van der Waals surface area contributed by atoms with E-state index in [1.807, 2.05) is 12.1 Å². The fourth-order valence-corrected chi connectivity index (χ4v) is 3.51. The zero-order valence-electron chi connectivity index (χ0n) is 15.3. The number of methoxy groups -OCH3 is 1. The Kier molecular flexibility index (Phi) is 6.16. The lowest BCUT2D eigenvalue weighted by Gasteiger charge is -2.25. The Labute approximate surface area is 171 Å². The van der Waals surface area contributed by atoms with Crippen molar-refractivity contribution in [3.8, 4) is 5.75 Å². The third-order valence-electron chi connectivity index (χ3n) is 4.65. The average molecular weight is 446 g/mol. The second kappa shape index (κ2) is 8.58. The van der Waals surface area contributed by atoms with Gasteiger partial charge in [-0.3, -0.25) is 9.59 Å². The number of benzene rings is 2. The van der Waals surface area contributed by atoms with Crippen LogP contribution in [0.4, 0.5) is 0 Å². The number of rotatable bonds is 6. The largest absolute Gasteiger partial charge is 0.507 e. The highest BCUT2D eigenvalue weighted by Crippen LogP contribution is 2.39. The normalized spacial score (nSPS) is 18.5. The molecule has 0 radical (unpaired) electrons. The number of likely N-dealkylation sites (tertiary alicyclic amines) is 1. The molecule has 2 aromatic carbocycles. The number of ether oxygens (including phenoxy) is 1. The van der Waals surface area contributed by atoms with Gasteiger partial charge in [-0.25, -0.2) is 0 Å². The summed E-state index contributed by atoms with van der Waals surface area (Å²) >= 11 is 3.38. The van der Waals surface area contributed by atoms with Crippen LogP contribution in [0, 0.1) is 0 Å². The fraction of sp³-hybridized carbons (Fsp3) is 0.238. The molecule has 6 nitrogen and oxygen atoms in total. The zero-order valence-corrected chi connectivity index (χ0v) is 16.8. The number of Topliss-reactive ketones (excluding diaryl/α,β-unsaturated/α-hetero) is 1. The van der Waals surface area contributed by atoms with E-state index in [1.165, 1.54) is 12.0 Å². The van der Waals surface area contributed by atoms with E-state index in [0.29, 0.717) is 23.3 Å². The number of hydrogen-bond donors (Lipinski definition) is 2. The van der Waals surface area contributed by atoms with E-state index < -0.39 is 17.7 Å². The highest BCUT2D eigenvalue weighted by atomic mass is 79.9. The molecule has 1 unspecified atom stereocenters. The smallest absolute Gasteiger partial charge is 0.295 e. The van der Waals surface area contributed by atoms with Gasteiger partial charge in [0.05, 0.1) is 18.7 Å². The van der Waals surface area contributed by atoms with Gasteiger partial charge in [-0.15, -0.1) is 0 Å². The summed E-state index contributed by atoms with van der Waals surface area (Å²) in [5, 5.41) is 20.1. The first-order valence-corrected chi connectivity index (χ1v) is 9.56. The molecule has 1 amide bonds. The van der Waals surface area contributed by atoms with Crippen LogP contribution in [-0.4, -0.2) is 47.1 Å². The van der Waals surface area contributed by atoms with E-state index in [4.69, 9.17) is 4.74 Å². The van der Waals surface area contributed by atoms with E-state index >= 15 is 0 Å². The van der Waals surface area contributed by atoms with Gasteiger partial charge in [0.25, 0.3) is 11.7 Å². The molecule has 1 saturated heterocycles. The van der Waals surface area contributed by atoms with Crippen molar-refractivity contribution < 1.29 is 24.5 Å². The highest BCUT2D eigenvalue weighted by Gasteiger charge is 2.45. The lowest BCUT2D eigenvalue weighted by molar-refractivity contribution is -0.140. The maximum Gasteiger partial charge on any atom is 0.295 e. The van der Waals surface area contributed by atoms with Crippen molar-refractivity contribution in [1.82, 2.24) is 4.90 Å². The Morgan fingerprint density at radius 2 is 1.75 bits per heavy atom. The minimum Gasteiger partial charge on any atom is -0.507 e. The Balaban J connectivity index is 2.12. The maximum atomic E-state index is 12.8. The first kappa shape index (κ1) is 20.1. The number of amides is 1. The third kappa shape index (κ3) is 3.81. The molecule has 1 aliphatic heterocycles. The van der Waals surface area contributed by atoms with Crippen LogP contribution in [0.2, 0.25) is 0 Å². The molecule has 1 atom stereocenters. The van der Waals surface area contributed by atoms with Crippen LogP contribution in [0.3, 0.4) is 0 Å². The number of halogens is 1. The minimum absolute atomic E-state index is 0.0374. The molecule has 0 aliphatic carbocycles. The molecule has 2 N–H and O–H groups in total. The highest BCUT2D eigenvalue weighted by molar-refractivity contribution is 9.10. The van der Waals surface area contributed by atoms with Crippen molar-refractivity contribution >= 4 is 33.4 Å². The van der Waals surface area contributed by atoms with Crippen LogP contribution in [0.25, 0.3) is 5.76 Å². The molecule has 146 valence electrons. The van der Waals surface area contributed by atoms with Crippen LogP contribution >= 0.6 is 15.9 Å². The van der Waals surface area contributed by atoms with Crippen molar-refractivity contribution in [2.45, 2.75) is 12.5 Å². The van der Waals surface area contributed by atoms with Gasteiger partial charge in [0, 0.05) is 23.2 Å². The predicted molar refractivity (Wildman–Crippen MR) is 108 cm³/mol. The van der Waals surface area contributed by atoms with E-state index in [2.05, 4.69) is 15.9 Å². The summed E-state index contributed by atoms with van der Waals surface area (Å²) in [6.45, 7) is 0.107. The zero-order chi connectivity index (χ0) is 20.3. The SMILES string of the molecule is COc1ccc(/C(O)=C2\C(=O)C(=O)N(CCCO)C2c2ccc(Br)cc2)cc1. The van der Waals surface area contributed by atoms with Gasteiger partial charge in [0.2, 0.25) is 0 Å². The quantitative estimate of drug-likeness (QED) is 0.404. The molecule has 1 aliphatic rings. The van der Waals surface area contributed by atoms with Gasteiger partial charge in [-0.05, 0) is 48.4 Å². The van der Waals surface area contributed by atoms with Gasteiger partial charge < -0.3 is 19.8 Å². The topological polar surface area (TPSA) is 87.1 Å².